The van der Waals surface area contributed by atoms with Crippen LogP contribution in [0.3, 0.4) is 0 Å². The van der Waals surface area contributed by atoms with Gasteiger partial charge in [-0.05, 0) is 94.5 Å². The molecule has 0 atom stereocenters. The van der Waals surface area contributed by atoms with E-state index in [0.29, 0.717) is 39.1 Å². The van der Waals surface area contributed by atoms with Crippen molar-refractivity contribution in [2.45, 2.75) is 52.9 Å². The van der Waals surface area contributed by atoms with Crippen LogP contribution in [-0.2, 0) is 9.84 Å². The summed E-state index contributed by atoms with van der Waals surface area (Å²) in [7, 11) is -0.849. The summed E-state index contributed by atoms with van der Waals surface area (Å²) in [5.74, 6) is -1.58. The Bertz CT molecular complexity index is 1640. The van der Waals surface area contributed by atoms with Crippen LogP contribution in [0.4, 0.5) is 4.39 Å². The molecular formula is C31H35FO9S. The van der Waals surface area contributed by atoms with Gasteiger partial charge in [0, 0.05) is 11.1 Å². The number of sulfone groups is 1. The first-order chi connectivity index (χ1) is 19.7. The van der Waals surface area contributed by atoms with Crippen LogP contribution in [0, 0.1) is 47.4 Å². The molecule has 0 aliphatic rings. The zero-order chi connectivity index (χ0) is 31.5. The van der Waals surface area contributed by atoms with Crippen LogP contribution in [0.15, 0.2) is 29.2 Å². The van der Waals surface area contributed by atoms with E-state index < -0.39 is 27.6 Å². The van der Waals surface area contributed by atoms with Crippen LogP contribution in [0.25, 0.3) is 0 Å². The van der Waals surface area contributed by atoms with Gasteiger partial charge in [-0.1, -0.05) is 0 Å². The third kappa shape index (κ3) is 6.20. The van der Waals surface area contributed by atoms with Crippen molar-refractivity contribution in [2.24, 2.45) is 0 Å². The number of aromatic carboxylic acids is 1. The van der Waals surface area contributed by atoms with Gasteiger partial charge in [-0.2, -0.15) is 0 Å². The van der Waals surface area contributed by atoms with Gasteiger partial charge < -0.3 is 24.1 Å². The maximum Gasteiger partial charge on any atom is 0.347 e. The van der Waals surface area contributed by atoms with E-state index in [1.807, 2.05) is 0 Å². The van der Waals surface area contributed by atoms with Gasteiger partial charge in [0.25, 0.3) is 0 Å². The second-order valence-corrected chi connectivity index (χ2v) is 12.0. The largest absolute Gasteiger partial charge is 0.495 e. The van der Waals surface area contributed by atoms with Crippen molar-refractivity contribution in [2.75, 3.05) is 26.6 Å². The molecule has 0 radical (unpaired) electrons. The monoisotopic (exact) mass is 602 g/mol. The number of ether oxygens (including phenoxy) is 4. The molecule has 11 heteroatoms. The summed E-state index contributed by atoms with van der Waals surface area (Å²) in [5.41, 5.74) is 3.15. The van der Waals surface area contributed by atoms with Crippen LogP contribution in [0.5, 0.6) is 23.0 Å². The number of benzene rings is 3. The van der Waals surface area contributed by atoms with Crippen LogP contribution in [0.1, 0.15) is 60.5 Å². The Balaban J connectivity index is 1.89. The Hall–Kier alpha value is -4.12. The molecule has 3 aromatic carbocycles. The van der Waals surface area contributed by atoms with Crippen molar-refractivity contribution in [1.82, 2.24) is 0 Å². The Morgan fingerprint density at radius 1 is 0.738 bits per heavy atom. The van der Waals surface area contributed by atoms with Gasteiger partial charge in [-0.15, -0.1) is 0 Å². The average molecular weight is 603 g/mol. The zero-order valence-electron chi connectivity index (χ0n) is 24.9. The first-order valence-electron chi connectivity index (χ1n) is 13.1. The van der Waals surface area contributed by atoms with Gasteiger partial charge in [-0.3, -0.25) is 0 Å². The fourth-order valence-electron chi connectivity index (χ4n) is 4.91. The highest BCUT2D eigenvalue weighted by Crippen LogP contribution is 2.41. The summed E-state index contributed by atoms with van der Waals surface area (Å²) < 4.78 is 61.2. The second kappa shape index (κ2) is 12.8. The van der Waals surface area contributed by atoms with E-state index in [2.05, 4.69) is 0 Å². The Labute approximate surface area is 245 Å². The number of halogens is 1. The van der Waals surface area contributed by atoms with E-state index in [1.54, 1.807) is 41.5 Å². The van der Waals surface area contributed by atoms with Gasteiger partial charge in [0.15, 0.2) is 9.84 Å². The third-order valence-corrected chi connectivity index (χ3v) is 9.19. The minimum atomic E-state index is -3.62. The highest BCUT2D eigenvalue weighted by molar-refractivity contribution is 7.91. The molecule has 9 nitrogen and oxygen atoms in total. The van der Waals surface area contributed by atoms with Crippen molar-refractivity contribution in [3.63, 3.8) is 0 Å². The molecule has 42 heavy (non-hydrogen) atoms. The maximum atomic E-state index is 13.6. The van der Waals surface area contributed by atoms with Gasteiger partial charge in [-0.25, -0.2) is 22.4 Å². The molecular weight excluding hydrogens is 567 g/mol. The van der Waals surface area contributed by atoms with E-state index >= 15 is 0 Å². The molecule has 0 aliphatic heterocycles. The summed E-state index contributed by atoms with van der Waals surface area (Å²) in [6.07, 6.45) is 0.176. The highest BCUT2D eigenvalue weighted by Gasteiger charge is 2.29. The standard InChI is InChI=1S/C31H35FO9S/c1-16-19(4)27(21(6)28(38-7)24(16)30(33)34)41-31(35)25-17(2)18(3)26(20(5)29(25)39-8)40-14-9-15-42(36,37)23-12-10-22(32)11-13-23/h10-13H,9,14-15H2,1-8H3,(H,33,34). The summed E-state index contributed by atoms with van der Waals surface area (Å²) in [6, 6.07) is 4.66. The number of methoxy groups -OCH3 is 2. The smallest absolute Gasteiger partial charge is 0.347 e. The summed E-state index contributed by atoms with van der Waals surface area (Å²) in [6.45, 7) is 10.2. The fourth-order valence-corrected chi connectivity index (χ4v) is 6.19. The van der Waals surface area contributed by atoms with Gasteiger partial charge >= 0.3 is 11.9 Å². The number of hydrogen-bond donors (Lipinski definition) is 1. The van der Waals surface area contributed by atoms with Gasteiger partial charge in [0.1, 0.15) is 39.9 Å². The highest BCUT2D eigenvalue weighted by atomic mass is 32.2. The molecule has 226 valence electrons. The quantitative estimate of drug-likeness (QED) is 0.124. The normalized spacial score (nSPS) is 11.3. The SMILES string of the molecule is COc1c(C)c(OC(=O)c2c(C)c(C)c(OCCCS(=O)(=O)c3ccc(F)cc3)c(C)c2OC)c(C)c(C)c1C(=O)O. The molecule has 0 spiro atoms. The number of carboxylic acid groups (broad SMARTS) is 1. The van der Waals surface area contributed by atoms with E-state index in [4.69, 9.17) is 18.9 Å². The lowest BCUT2D eigenvalue weighted by atomic mass is 9.96. The van der Waals surface area contributed by atoms with Crippen molar-refractivity contribution in [3.8, 4) is 23.0 Å². The molecule has 0 unspecified atom stereocenters. The Morgan fingerprint density at radius 3 is 1.79 bits per heavy atom. The van der Waals surface area contributed by atoms with Gasteiger partial charge in [0.2, 0.25) is 0 Å². The van der Waals surface area contributed by atoms with E-state index in [1.165, 1.54) is 26.4 Å². The number of carbonyl (C=O) groups is 2. The van der Waals surface area contributed by atoms with Crippen LogP contribution < -0.4 is 18.9 Å². The average Bonchev–Trinajstić information content (AvgIpc) is 2.94. The molecule has 0 saturated carbocycles. The van der Waals surface area contributed by atoms with Crippen molar-refractivity contribution < 1.29 is 46.5 Å². The molecule has 0 saturated heterocycles. The number of esters is 1. The molecule has 0 aromatic heterocycles. The molecule has 0 bridgehead atoms. The topological polar surface area (TPSA) is 125 Å². The summed E-state index contributed by atoms with van der Waals surface area (Å²) >= 11 is 0. The first-order valence-corrected chi connectivity index (χ1v) is 14.7. The predicted molar refractivity (Wildman–Crippen MR) is 155 cm³/mol. The summed E-state index contributed by atoms with van der Waals surface area (Å²) in [4.78, 5) is 25.5. The predicted octanol–water partition coefficient (Wildman–Crippen LogP) is 5.85. The number of rotatable bonds is 11. The lowest BCUT2D eigenvalue weighted by Crippen LogP contribution is -2.17. The minimum absolute atomic E-state index is 0.000263. The number of carboxylic acids is 1. The van der Waals surface area contributed by atoms with Crippen molar-refractivity contribution in [1.29, 1.82) is 0 Å². The van der Waals surface area contributed by atoms with E-state index in [9.17, 15) is 27.5 Å². The molecule has 0 heterocycles. The van der Waals surface area contributed by atoms with Crippen LogP contribution in [0.2, 0.25) is 0 Å². The van der Waals surface area contributed by atoms with Crippen molar-refractivity contribution in [3.05, 3.63) is 74.6 Å². The van der Waals surface area contributed by atoms with Crippen molar-refractivity contribution >= 4 is 21.8 Å². The molecule has 0 fully saturated rings. The molecule has 0 aliphatic carbocycles. The lowest BCUT2D eigenvalue weighted by Gasteiger charge is -2.22. The fraction of sp³-hybridized carbons (Fsp3) is 0.355. The molecule has 0 amide bonds. The second-order valence-electron chi connectivity index (χ2n) is 9.89. The summed E-state index contributed by atoms with van der Waals surface area (Å²) in [5, 5.41) is 9.69. The molecule has 1 N–H and O–H groups in total. The Morgan fingerprint density at radius 2 is 1.24 bits per heavy atom. The van der Waals surface area contributed by atoms with Crippen LogP contribution in [-0.4, -0.2) is 52.0 Å². The zero-order valence-corrected chi connectivity index (χ0v) is 25.7. The van der Waals surface area contributed by atoms with Gasteiger partial charge in [0.05, 0.1) is 31.5 Å². The third-order valence-electron chi connectivity index (χ3n) is 7.37. The number of hydrogen-bond acceptors (Lipinski definition) is 8. The maximum absolute atomic E-state index is 13.6. The molecule has 3 aromatic rings. The minimum Gasteiger partial charge on any atom is -0.495 e. The lowest BCUT2D eigenvalue weighted by molar-refractivity contribution is 0.0692. The Kier molecular flexibility index (Phi) is 9.88. The van der Waals surface area contributed by atoms with E-state index in [0.717, 1.165) is 12.1 Å². The number of carbonyl (C=O) groups excluding carboxylic acids is 1. The molecule has 3 rings (SSSR count). The first kappa shape index (κ1) is 32.4. The van der Waals surface area contributed by atoms with E-state index in [-0.39, 0.29) is 52.1 Å². The van der Waals surface area contributed by atoms with Crippen LogP contribution >= 0.6 is 0 Å².